The highest BCUT2D eigenvalue weighted by atomic mass is 35.5. The number of hydrogen-bond acceptors (Lipinski definition) is 4. The number of alkyl halides is 6. The SMILES string of the molecule is O=C(C=C(OS(=O)(=O)C(F)(F)F)C(F)(F)F)c1ccccc1Cl. The molecule has 1 rings (SSSR count). The molecule has 0 aliphatic heterocycles. The molecule has 0 atom stereocenters. The molecule has 0 bridgehead atoms. The molecule has 0 amide bonds. The van der Waals surface area contributed by atoms with Crippen LogP contribution in [0.4, 0.5) is 26.3 Å². The predicted octanol–water partition coefficient (Wildman–Crippen LogP) is 3.84. The van der Waals surface area contributed by atoms with Crippen LogP contribution in [0, 0.1) is 0 Å². The molecule has 128 valence electrons. The standard InChI is InChI=1S/C11H5ClF6O4S/c12-7-4-2-1-3-6(7)8(19)5-9(10(13,14)15)22-23(20,21)11(16,17)18/h1-5H. The molecule has 23 heavy (non-hydrogen) atoms. The Morgan fingerprint density at radius 2 is 1.61 bits per heavy atom. The van der Waals surface area contributed by atoms with Crippen molar-refractivity contribution in [3.05, 3.63) is 46.7 Å². The van der Waals surface area contributed by atoms with E-state index in [2.05, 4.69) is 4.18 Å². The first-order chi connectivity index (χ1) is 10.3. The van der Waals surface area contributed by atoms with E-state index >= 15 is 0 Å². The van der Waals surface area contributed by atoms with Gasteiger partial charge < -0.3 is 4.18 Å². The highest BCUT2D eigenvalue weighted by molar-refractivity contribution is 7.87. The van der Waals surface area contributed by atoms with Gasteiger partial charge in [0.25, 0.3) is 0 Å². The van der Waals surface area contributed by atoms with E-state index in [9.17, 15) is 39.6 Å². The van der Waals surface area contributed by atoms with E-state index in [1.54, 1.807) is 0 Å². The number of carbonyl (C=O) groups excluding carboxylic acids is 1. The van der Waals surface area contributed by atoms with Gasteiger partial charge in [-0.15, -0.1) is 0 Å². The third-order valence-corrected chi connectivity index (χ3v) is 3.46. The molecule has 0 aromatic heterocycles. The topological polar surface area (TPSA) is 60.4 Å². The van der Waals surface area contributed by atoms with Gasteiger partial charge in [0.15, 0.2) is 5.78 Å². The van der Waals surface area contributed by atoms with Gasteiger partial charge in [-0.3, -0.25) is 4.79 Å². The summed E-state index contributed by atoms with van der Waals surface area (Å²) in [6.45, 7) is 0. The fourth-order valence-corrected chi connectivity index (χ4v) is 1.88. The highest BCUT2D eigenvalue weighted by Crippen LogP contribution is 2.33. The molecule has 0 aliphatic rings. The van der Waals surface area contributed by atoms with Gasteiger partial charge in [-0.25, -0.2) is 0 Å². The van der Waals surface area contributed by atoms with Crippen LogP contribution >= 0.6 is 11.6 Å². The molecule has 12 heteroatoms. The summed E-state index contributed by atoms with van der Waals surface area (Å²) in [5.41, 5.74) is -6.57. The second-order valence-corrected chi connectivity index (χ2v) is 5.78. The first-order valence-electron chi connectivity index (χ1n) is 5.34. The van der Waals surface area contributed by atoms with Crippen molar-refractivity contribution in [1.82, 2.24) is 0 Å². The molecule has 0 saturated carbocycles. The highest BCUT2D eigenvalue weighted by Gasteiger charge is 2.52. The lowest BCUT2D eigenvalue weighted by Crippen LogP contribution is -2.29. The molecule has 0 radical (unpaired) electrons. The van der Waals surface area contributed by atoms with E-state index in [1.165, 1.54) is 12.1 Å². The Morgan fingerprint density at radius 1 is 1.09 bits per heavy atom. The zero-order valence-electron chi connectivity index (χ0n) is 10.6. The van der Waals surface area contributed by atoms with Crippen LogP contribution in [0.15, 0.2) is 36.1 Å². The van der Waals surface area contributed by atoms with Crippen LogP contribution in [0.1, 0.15) is 10.4 Å². The first kappa shape index (κ1) is 19.3. The molecule has 0 heterocycles. The minimum atomic E-state index is -6.59. The van der Waals surface area contributed by atoms with Crippen molar-refractivity contribution in [2.75, 3.05) is 0 Å². The van der Waals surface area contributed by atoms with Crippen molar-refractivity contribution in [3.63, 3.8) is 0 Å². The lowest BCUT2D eigenvalue weighted by Gasteiger charge is -2.14. The molecular weight excluding hydrogens is 378 g/mol. The van der Waals surface area contributed by atoms with Crippen LogP contribution in [-0.4, -0.2) is 25.9 Å². The summed E-state index contributed by atoms with van der Waals surface area (Å²) in [7, 11) is -6.59. The zero-order chi connectivity index (χ0) is 18.1. The summed E-state index contributed by atoms with van der Waals surface area (Å²) in [4.78, 5) is 11.6. The Hall–Kier alpha value is -1.75. The van der Waals surface area contributed by atoms with Gasteiger partial charge in [-0.05, 0) is 12.1 Å². The summed E-state index contributed by atoms with van der Waals surface area (Å²) < 4.78 is 98.4. The minimum Gasteiger partial charge on any atom is -0.371 e. The monoisotopic (exact) mass is 382 g/mol. The normalized spacial score (nSPS) is 13.8. The maximum atomic E-state index is 12.6. The van der Waals surface area contributed by atoms with Gasteiger partial charge in [0.1, 0.15) is 0 Å². The van der Waals surface area contributed by atoms with E-state index in [0.29, 0.717) is 0 Å². The minimum absolute atomic E-state index is 0.283. The number of carbonyl (C=O) groups is 1. The lowest BCUT2D eigenvalue weighted by atomic mass is 10.1. The van der Waals surface area contributed by atoms with Crippen molar-refractivity contribution in [2.24, 2.45) is 0 Å². The van der Waals surface area contributed by atoms with Gasteiger partial charge in [0, 0.05) is 11.6 Å². The Balaban J connectivity index is 3.29. The molecule has 0 unspecified atom stereocenters. The fraction of sp³-hybridized carbons (Fsp3) is 0.182. The summed E-state index contributed by atoms with van der Waals surface area (Å²) >= 11 is 5.55. The largest absolute Gasteiger partial charge is 0.534 e. The second-order valence-electron chi connectivity index (χ2n) is 3.83. The first-order valence-corrected chi connectivity index (χ1v) is 7.13. The Kier molecular flexibility index (Phi) is 5.37. The molecular formula is C11H5ClF6O4S. The average Bonchev–Trinajstić information content (AvgIpc) is 2.35. The third-order valence-electron chi connectivity index (χ3n) is 2.16. The summed E-state index contributed by atoms with van der Waals surface area (Å²) in [5.74, 6) is -4.12. The Labute approximate surface area is 130 Å². The van der Waals surface area contributed by atoms with E-state index in [4.69, 9.17) is 11.6 Å². The van der Waals surface area contributed by atoms with Crippen molar-refractivity contribution in [3.8, 4) is 0 Å². The maximum absolute atomic E-state index is 12.6. The van der Waals surface area contributed by atoms with E-state index in [-0.39, 0.29) is 5.02 Å². The maximum Gasteiger partial charge on any atom is 0.534 e. The number of hydrogen-bond donors (Lipinski definition) is 0. The summed E-state index contributed by atoms with van der Waals surface area (Å²) in [6.07, 6.45) is -6.08. The Morgan fingerprint density at radius 3 is 2.04 bits per heavy atom. The van der Waals surface area contributed by atoms with Gasteiger partial charge in [0.05, 0.1) is 5.02 Å². The van der Waals surface area contributed by atoms with Gasteiger partial charge >= 0.3 is 21.8 Å². The molecule has 0 N–H and O–H groups in total. The van der Waals surface area contributed by atoms with Crippen molar-refractivity contribution in [1.29, 1.82) is 0 Å². The van der Waals surface area contributed by atoms with Gasteiger partial charge in [-0.1, -0.05) is 23.7 Å². The number of rotatable bonds is 4. The molecule has 1 aromatic rings. The molecule has 4 nitrogen and oxygen atoms in total. The van der Waals surface area contributed by atoms with Crippen molar-refractivity contribution < 1.29 is 43.7 Å². The summed E-state index contributed by atoms with van der Waals surface area (Å²) in [6, 6.07) is 4.71. The molecule has 0 saturated heterocycles. The van der Waals surface area contributed by atoms with Gasteiger partial charge in [-0.2, -0.15) is 34.8 Å². The number of halogens is 7. The number of benzene rings is 1. The zero-order valence-corrected chi connectivity index (χ0v) is 12.1. The van der Waals surface area contributed by atoms with Crippen LogP contribution in [0.2, 0.25) is 5.02 Å². The smallest absolute Gasteiger partial charge is 0.371 e. The number of ketones is 1. The van der Waals surface area contributed by atoms with E-state index in [1.807, 2.05) is 0 Å². The van der Waals surface area contributed by atoms with Crippen LogP contribution in [-0.2, 0) is 14.3 Å². The van der Waals surface area contributed by atoms with Gasteiger partial charge in [0.2, 0.25) is 5.76 Å². The molecule has 1 aromatic carbocycles. The number of allylic oxidation sites excluding steroid dienone is 2. The van der Waals surface area contributed by atoms with E-state index < -0.39 is 45.0 Å². The molecule has 0 aliphatic carbocycles. The fourth-order valence-electron chi connectivity index (χ4n) is 1.18. The van der Waals surface area contributed by atoms with Crippen molar-refractivity contribution >= 4 is 27.5 Å². The second kappa shape index (κ2) is 6.40. The Bertz CT molecular complexity index is 736. The molecule has 0 fully saturated rings. The summed E-state index contributed by atoms with van der Waals surface area (Å²) in [5, 5.41) is -0.283. The van der Waals surface area contributed by atoms with E-state index in [0.717, 1.165) is 12.1 Å². The van der Waals surface area contributed by atoms with Crippen LogP contribution in [0.5, 0.6) is 0 Å². The van der Waals surface area contributed by atoms with Crippen molar-refractivity contribution in [2.45, 2.75) is 11.7 Å². The predicted molar refractivity (Wildman–Crippen MR) is 66.0 cm³/mol. The lowest BCUT2D eigenvalue weighted by molar-refractivity contribution is -0.119. The van der Waals surface area contributed by atoms with Crippen LogP contribution in [0.25, 0.3) is 0 Å². The third kappa shape index (κ3) is 4.86. The molecule has 0 spiro atoms. The quantitative estimate of drug-likeness (QED) is 0.198. The van der Waals surface area contributed by atoms with Crippen LogP contribution in [0.3, 0.4) is 0 Å². The van der Waals surface area contributed by atoms with Crippen LogP contribution < -0.4 is 0 Å². The average molecular weight is 383 g/mol.